The summed E-state index contributed by atoms with van der Waals surface area (Å²) < 4.78 is 51.0. The number of alkyl halides is 3. The first-order valence-electron chi connectivity index (χ1n) is 6.14. The van der Waals surface area contributed by atoms with E-state index in [1.54, 1.807) is 6.92 Å². The summed E-state index contributed by atoms with van der Waals surface area (Å²) in [5.74, 6) is -1.92. The van der Waals surface area contributed by atoms with E-state index in [2.05, 4.69) is 10.6 Å². The Hall–Kier alpha value is -1.63. The van der Waals surface area contributed by atoms with Gasteiger partial charge in [-0.3, -0.25) is 4.79 Å². The van der Waals surface area contributed by atoms with Crippen LogP contribution < -0.4 is 10.6 Å². The van der Waals surface area contributed by atoms with Crippen LogP contribution in [0.25, 0.3) is 0 Å². The third-order valence-electron chi connectivity index (χ3n) is 2.70. The van der Waals surface area contributed by atoms with Gasteiger partial charge in [0.15, 0.2) is 0 Å². The topological polar surface area (TPSA) is 41.1 Å². The fourth-order valence-electron chi connectivity index (χ4n) is 1.51. The molecule has 0 aliphatic carbocycles. The van der Waals surface area contributed by atoms with Gasteiger partial charge >= 0.3 is 6.18 Å². The highest BCUT2D eigenvalue weighted by molar-refractivity contribution is 5.92. The highest BCUT2D eigenvalue weighted by atomic mass is 19.4. The Kier molecular flexibility index (Phi) is 5.50. The Labute approximate surface area is 114 Å². The van der Waals surface area contributed by atoms with E-state index in [1.165, 1.54) is 0 Å². The molecule has 2 N–H and O–H groups in total. The van der Waals surface area contributed by atoms with E-state index in [0.29, 0.717) is 31.3 Å². The molecule has 20 heavy (non-hydrogen) atoms. The number of amides is 1. The predicted molar refractivity (Wildman–Crippen MR) is 67.7 cm³/mol. The number of benzene rings is 1. The van der Waals surface area contributed by atoms with Gasteiger partial charge in [-0.15, -0.1) is 0 Å². The van der Waals surface area contributed by atoms with E-state index < -0.39 is 35.1 Å². The summed E-state index contributed by atoms with van der Waals surface area (Å²) in [6.45, 7) is 4.49. The van der Waals surface area contributed by atoms with Crippen molar-refractivity contribution in [3.63, 3.8) is 0 Å². The lowest BCUT2D eigenvalue weighted by atomic mass is 10.1. The molecule has 0 heterocycles. The van der Waals surface area contributed by atoms with Gasteiger partial charge in [0.1, 0.15) is 5.82 Å². The fourth-order valence-corrected chi connectivity index (χ4v) is 1.51. The molecule has 0 saturated heterocycles. The average Bonchev–Trinajstić information content (AvgIpc) is 2.37. The van der Waals surface area contributed by atoms with Crippen LogP contribution in [0.4, 0.5) is 23.2 Å². The maximum atomic E-state index is 13.4. The lowest BCUT2D eigenvalue weighted by Crippen LogP contribution is -2.30. The van der Waals surface area contributed by atoms with Crippen LogP contribution in [-0.2, 0) is 11.0 Å². The summed E-state index contributed by atoms with van der Waals surface area (Å²) >= 11 is 0. The molecule has 0 bridgehead atoms. The van der Waals surface area contributed by atoms with Gasteiger partial charge in [-0.25, -0.2) is 4.39 Å². The number of hydrogen-bond donors (Lipinski definition) is 2. The summed E-state index contributed by atoms with van der Waals surface area (Å²) in [4.78, 5) is 11.7. The second-order valence-corrected chi connectivity index (χ2v) is 4.39. The van der Waals surface area contributed by atoms with Gasteiger partial charge in [0.25, 0.3) is 0 Å². The van der Waals surface area contributed by atoms with E-state index in [-0.39, 0.29) is 0 Å². The fraction of sp³-hybridized carbons (Fsp3) is 0.462. The summed E-state index contributed by atoms with van der Waals surface area (Å²) in [7, 11) is 0. The van der Waals surface area contributed by atoms with Crippen LogP contribution in [0.2, 0.25) is 0 Å². The summed E-state index contributed by atoms with van der Waals surface area (Å²) in [6, 6.07) is 1.91. The number of rotatable bonds is 5. The number of hydrogen-bond acceptors (Lipinski definition) is 2. The largest absolute Gasteiger partial charge is 0.416 e. The lowest BCUT2D eigenvalue weighted by Gasteiger charge is -2.14. The molecule has 1 amide bonds. The second-order valence-electron chi connectivity index (χ2n) is 4.39. The smallest absolute Gasteiger partial charge is 0.323 e. The van der Waals surface area contributed by atoms with Gasteiger partial charge in [-0.1, -0.05) is 13.8 Å². The van der Waals surface area contributed by atoms with E-state index in [4.69, 9.17) is 0 Å². The van der Waals surface area contributed by atoms with Gasteiger partial charge in [-0.05, 0) is 24.7 Å². The molecule has 1 unspecified atom stereocenters. The van der Waals surface area contributed by atoms with Crippen LogP contribution in [0.3, 0.4) is 0 Å². The number of halogens is 4. The third-order valence-corrected chi connectivity index (χ3v) is 2.70. The van der Waals surface area contributed by atoms with Crippen molar-refractivity contribution in [2.24, 2.45) is 5.92 Å². The first kappa shape index (κ1) is 16.4. The van der Waals surface area contributed by atoms with E-state index >= 15 is 0 Å². The number of carbonyl (C=O) groups is 1. The normalized spacial score (nSPS) is 13.1. The van der Waals surface area contributed by atoms with E-state index in [1.807, 2.05) is 6.92 Å². The quantitative estimate of drug-likeness (QED) is 0.819. The molecule has 1 aromatic carbocycles. The molecule has 1 atom stereocenters. The van der Waals surface area contributed by atoms with Gasteiger partial charge in [0, 0.05) is 12.5 Å². The van der Waals surface area contributed by atoms with Gasteiger partial charge < -0.3 is 10.6 Å². The van der Waals surface area contributed by atoms with Crippen LogP contribution in [-0.4, -0.2) is 19.0 Å². The number of carbonyl (C=O) groups excluding carboxylic acids is 1. The Morgan fingerprint density at radius 3 is 2.55 bits per heavy atom. The summed E-state index contributed by atoms with van der Waals surface area (Å²) in [5.41, 5.74) is -1.47. The molecule has 0 radical (unpaired) electrons. The Morgan fingerprint density at radius 1 is 1.35 bits per heavy atom. The van der Waals surface area contributed by atoms with Crippen molar-refractivity contribution in [1.29, 1.82) is 0 Å². The first-order chi connectivity index (χ1) is 9.25. The molecule has 0 saturated carbocycles. The maximum absolute atomic E-state index is 13.4. The van der Waals surface area contributed by atoms with Gasteiger partial charge in [0.05, 0.1) is 11.3 Å². The molecule has 0 aliphatic heterocycles. The minimum Gasteiger partial charge on any atom is -0.323 e. The number of nitrogens with one attached hydrogen (secondary N) is 2. The summed E-state index contributed by atoms with van der Waals surface area (Å²) in [5, 5.41) is 5.11. The van der Waals surface area contributed by atoms with Crippen molar-refractivity contribution in [1.82, 2.24) is 5.32 Å². The Bertz CT molecular complexity index is 474. The average molecular weight is 292 g/mol. The van der Waals surface area contributed by atoms with Crippen LogP contribution in [0, 0.1) is 11.7 Å². The van der Waals surface area contributed by atoms with E-state index in [9.17, 15) is 22.4 Å². The molecule has 3 nitrogen and oxygen atoms in total. The molecule has 1 aromatic rings. The predicted octanol–water partition coefficient (Wildman–Crippen LogP) is 3.03. The van der Waals surface area contributed by atoms with Crippen molar-refractivity contribution in [2.75, 3.05) is 18.4 Å². The summed E-state index contributed by atoms with van der Waals surface area (Å²) in [6.07, 6.45) is -4.58. The monoisotopic (exact) mass is 292 g/mol. The zero-order valence-electron chi connectivity index (χ0n) is 11.1. The molecule has 0 aromatic heterocycles. The molecule has 1 rings (SSSR count). The molecule has 0 spiro atoms. The van der Waals surface area contributed by atoms with Crippen molar-refractivity contribution in [2.45, 2.75) is 20.0 Å². The van der Waals surface area contributed by atoms with Crippen LogP contribution in [0.5, 0.6) is 0 Å². The van der Waals surface area contributed by atoms with Gasteiger partial charge in [0.2, 0.25) is 5.91 Å². The van der Waals surface area contributed by atoms with Crippen molar-refractivity contribution < 1.29 is 22.4 Å². The highest BCUT2D eigenvalue weighted by Crippen LogP contribution is 2.31. The SMILES string of the molecule is CCNCC(C)C(=O)Nc1cc(C(F)(F)F)ccc1F. The Morgan fingerprint density at radius 2 is 2.00 bits per heavy atom. The van der Waals surface area contributed by atoms with Crippen molar-refractivity contribution in [3.8, 4) is 0 Å². The van der Waals surface area contributed by atoms with Crippen molar-refractivity contribution >= 4 is 11.6 Å². The minimum atomic E-state index is -4.58. The first-order valence-corrected chi connectivity index (χ1v) is 6.14. The highest BCUT2D eigenvalue weighted by Gasteiger charge is 2.31. The Balaban J connectivity index is 2.84. The molecule has 0 fully saturated rings. The molecular weight excluding hydrogens is 276 g/mol. The zero-order valence-corrected chi connectivity index (χ0v) is 11.1. The number of anilines is 1. The standard InChI is InChI=1S/C13H16F4N2O/c1-3-18-7-8(2)12(20)19-11-6-9(13(15,16)17)4-5-10(11)14/h4-6,8,18H,3,7H2,1-2H3,(H,19,20). The third kappa shape index (κ3) is 4.48. The van der Waals surface area contributed by atoms with Crippen LogP contribution in [0.15, 0.2) is 18.2 Å². The molecule has 7 heteroatoms. The second kappa shape index (κ2) is 6.69. The van der Waals surface area contributed by atoms with Crippen LogP contribution in [0.1, 0.15) is 19.4 Å². The van der Waals surface area contributed by atoms with E-state index in [0.717, 1.165) is 0 Å². The minimum absolute atomic E-state index is 0.364. The maximum Gasteiger partial charge on any atom is 0.416 e. The molecule has 0 aliphatic rings. The molecule has 112 valence electrons. The lowest BCUT2D eigenvalue weighted by molar-refractivity contribution is -0.137. The zero-order chi connectivity index (χ0) is 15.3. The molecular formula is C13H16F4N2O. The van der Waals surface area contributed by atoms with Gasteiger partial charge in [-0.2, -0.15) is 13.2 Å². The van der Waals surface area contributed by atoms with Crippen LogP contribution >= 0.6 is 0 Å². The van der Waals surface area contributed by atoms with Crippen molar-refractivity contribution in [3.05, 3.63) is 29.6 Å².